The molecule has 0 aromatic carbocycles. The highest BCUT2D eigenvalue weighted by atomic mass is 16.5. The normalized spacial score (nSPS) is 14.2. The zero-order valence-electron chi connectivity index (χ0n) is 10.0. The van der Waals surface area contributed by atoms with E-state index in [1.807, 2.05) is 6.92 Å². The summed E-state index contributed by atoms with van der Waals surface area (Å²) in [4.78, 5) is 7.51. The molecule has 1 rings (SSSR count). The average molecular weight is 211 g/mol. The van der Waals surface area contributed by atoms with Crippen molar-refractivity contribution >= 4 is 0 Å². The number of imidazole rings is 1. The smallest absolute Gasteiger partial charge is 0.136 e. The van der Waals surface area contributed by atoms with Gasteiger partial charge in [-0.3, -0.25) is 0 Å². The molecule has 0 aliphatic rings. The van der Waals surface area contributed by atoms with E-state index in [1.165, 1.54) is 0 Å². The standard InChI is InChI=1S/C11H21N3O/c1-5-15-9(11(2,3)4)10-13-7-8(6-12)14-10/h7,9H,5-6,12H2,1-4H3,(H,13,14). The topological polar surface area (TPSA) is 63.9 Å². The summed E-state index contributed by atoms with van der Waals surface area (Å²) >= 11 is 0. The van der Waals surface area contributed by atoms with Crippen LogP contribution in [0.3, 0.4) is 0 Å². The summed E-state index contributed by atoms with van der Waals surface area (Å²) in [5, 5.41) is 0. The first-order valence-electron chi connectivity index (χ1n) is 5.34. The number of nitrogens with two attached hydrogens (primary N) is 1. The van der Waals surface area contributed by atoms with Gasteiger partial charge in [-0.1, -0.05) is 20.8 Å². The lowest BCUT2D eigenvalue weighted by molar-refractivity contribution is -0.0186. The van der Waals surface area contributed by atoms with Gasteiger partial charge in [0.2, 0.25) is 0 Å². The number of aromatic amines is 1. The van der Waals surface area contributed by atoms with Crippen LogP contribution in [0.4, 0.5) is 0 Å². The molecule has 3 N–H and O–H groups in total. The van der Waals surface area contributed by atoms with Crippen LogP contribution in [0.5, 0.6) is 0 Å². The third-order valence-corrected chi connectivity index (χ3v) is 2.24. The van der Waals surface area contributed by atoms with Crippen molar-refractivity contribution in [2.24, 2.45) is 11.1 Å². The lowest BCUT2D eigenvalue weighted by Crippen LogP contribution is -2.22. The van der Waals surface area contributed by atoms with Gasteiger partial charge in [0.1, 0.15) is 11.9 Å². The van der Waals surface area contributed by atoms with Crippen LogP contribution < -0.4 is 5.73 Å². The van der Waals surface area contributed by atoms with E-state index in [0.29, 0.717) is 13.2 Å². The fourth-order valence-electron chi connectivity index (χ4n) is 1.52. The lowest BCUT2D eigenvalue weighted by Gasteiger charge is -2.28. The number of ether oxygens (including phenoxy) is 1. The third-order valence-electron chi connectivity index (χ3n) is 2.24. The van der Waals surface area contributed by atoms with E-state index >= 15 is 0 Å². The Morgan fingerprint density at radius 2 is 2.20 bits per heavy atom. The van der Waals surface area contributed by atoms with Crippen molar-refractivity contribution < 1.29 is 4.74 Å². The van der Waals surface area contributed by atoms with Crippen molar-refractivity contribution in [2.45, 2.75) is 40.3 Å². The van der Waals surface area contributed by atoms with Crippen molar-refractivity contribution in [1.82, 2.24) is 9.97 Å². The van der Waals surface area contributed by atoms with E-state index in [9.17, 15) is 0 Å². The molecule has 4 heteroatoms. The second-order valence-corrected chi connectivity index (χ2v) is 4.70. The molecule has 1 atom stereocenters. The maximum atomic E-state index is 5.72. The van der Waals surface area contributed by atoms with E-state index in [1.54, 1.807) is 6.20 Å². The zero-order chi connectivity index (χ0) is 11.5. The molecule has 1 aromatic heterocycles. The Hall–Kier alpha value is -0.870. The summed E-state index contributed by atoms with van der Waals surface area (Å²) in [6, 6.07) is 0. The van der Waals surface area contributed by atoms with E-state index < -0.39 is 0 Å². The Labute approximate surface area is 91.2 Å². The molecule has 1 heterocycles. The second kappa shape index (κ2) is 4.77. The fraction of sp³-hybridized carbons (Fsp3) is 0.727. The molecular formula is C11H21N3O. The van der Waals surface area contributed by atoms with Gasteiger partial charge in [0, 0.05) is 25.0 Å². The van der Waals surface area contributed by atoms with Crippen LogP contribution in [0, 0.1) is 5.41 Å². The Morgan fingerprint density at radius 3 is 2.60 bits per heavy atom. The molecule has 15 heavy (non-hydrogen) atoms. The minimum atomic E-state index is -0.0113. The van der Waals surface area contributed by atoms with Crippen LogP contribution in [-0.2, 0) is 11.3 Å². The molecule has 0 saturated heterocycles. The molecule has 86 valence electrons. The van der Waals surface area contributed by atoms with Crippen molar-refractivity contribution in [3.05, 3.63) is 17.7 Å². The van der Waals surface area contributed by atoms with Gasteiger partial charge < -0.3 is 15.5 Å². The first kappa shape index (κ1) is 12.2. The van der Waals surface area contributed by atoms with Crippen LogP contribution >= 0.6 is 0 Å². The van der Waals surface area contributed by atoms with E-state index in [2.05, 4.69) is 30.7 Å². The molecule has 1 aromatic rings. The summed E-state index contributed by atoms with van der Waals surface area (Å²) in [5.74, 6) is 0.866. The highest BCUT2D eigenvalue weighted by Gasteiger charge is 2.29. The van der Waals surface area contributed by atoms with Gasteiger partial charge >= 0.3 is 0 Å². The number of aromatic nitrogens is 2. The van der Waals surface area contributed by atoms with E-state index in [0.717, 1.165) is 11.5 Å². The van der Waals surface area contributed by atoms with E-state index in [-0.39, 0.29) is 11.5 Å². The molecule has 0 aliphatic heterocycles. The molecule has 0 saturated carbocycles. The number of nitrogens with zero attached hydrogens (tertiary/aromatic N) is 1. The van der Waals surface area contributed by atoms with Crippen molar-refractivity contribution in [2.75, 3.05) is 6.61 Å². The quantitative estimate of drug-likeness (QED) is 0.800. The molecule has 1 unspecified atom stereocenters. The van der Waals surface area contributed by atoms with Gasteiger partial charge in [0.15, 0.2) is 0 Å². The molecule has 0 spiro atoms. The summed E-state index contributed by atoms with van der Waals surface area (Å²) in [6.07, 6.45) is 1.76. The van der Waals surface area contributed by atoms with Gasteiger partial charge in [-0.25, -0.2) is 4.98 Å². The number of H-pyrrole nitrogens is 1. The molecule has 0 fully saturated rings. The van der Waals surface area contributed by atoms with Gasteiger partial charge in [0.05, 0.1) is 0 Å². The Kier molecular flexibility index (Phi) is 3.88. The number of hydrogen-bond donors (Lipinski definition) is 2. The molecule has 0 radical (unpaired) electrons. The first-order valence-corrected chi connectivity index (χ1v) is 5.34. The summed E-state index contributed by atoms with van der Waals surface area (Å²) < 4.78 is 5.72. The molecule has 0 aliphatic carbocycles. The number of nitrogens with one attached hydrogen (secondary N) is 1. The fourth-order valence-corrected chi connectivity index (χ4v) is 1.52. The molecule has 0 bridgehead atoms. The minimum Gasteiger partial charge on any atom is -0.370 e. The minimum absolute atomic E-state index is 0.0113. The zero-order valence-corrected chi connectivity index (χ0v) is 10.0. The van der Waals surface area contributed by atoms with Gasteiger partial charge in [-0.05, 0) is 12.3 Å². The highest BCUT2D eigenvalue weighted by molar-refractivity contribution is 5.05. The van der Waals surface area contributed by atoms with Gasteiger partial charge in [-0.15, -0.1) is 0 Å². The Bertz CT molecular complexity index is 301. The summed E-state index contributed by atoms with van der Waals surface area (Å²) in [6.45, 7) is 9.57. The van der Waals surface area contributed by atoms with Crippen LogP contribution in [-0.4, -0.2) is 16.6 Å². The third kappa shape index (κ3) is 3.04. The van der Waals surface area contributed by atoms with Crippen molar-refractivity contribution in [1.29, 1.82) is 0 Å². The van der Waals surface area contributed by atoms with Gasteiger partial charge in [-0.2, -0.15) is 0 Å². The predicted octanol–water partition coefficient (Wildman–Crippen LogP) is 1.99. The molecule has 0 amide bonds. The second-order valence-electron chi connectivity index (χ2n) is 4.70. The molecular weight excluding hydrogens is 190 g/mol. The van der Waals surface area contributed by atoms with Crippen LogP contribution in [0.15, 0.2) is 6.20 Å². The number of hydrogen-bond acceptors (Lipinski definition) is 3. The maximum Gasteiger partial charge on any atom is 0.136 e. The first-order chi connectivity index (χ1) is 6.99. The summed E-state index contributed by atoms with van der Waals surface area (Å²) in [7, 11) is 0. The van der Waals surface area contributed by atoms with E-state index in [4.69, 9.17) is 10.5 Å². The summed E-state index contributed by atoms with van der Waals surface area (Å²) in [5.41, 5.74) is 6.51. The highest BCUT2D eigenvalue weighted by Crippen LogP contribution is 2.34. The SMILES string of the molecule is CCOC(c1ncc(CN)[nH]1)C(C)(C)C. The molecule has 4 nitrogen and oxygen atoms in total. The Balaban J connectivity index is 2.88. The predicted molar refractivity (Wildman–Crippen MR) is 60.3 cm³/mol. The van der Waals surface area contributed by atoms with Crippen LogP contribution in [0.25, 0.3) is 0 Å². The van der Waals surface area contributed by atoms with Crippen molar-refractivity contribution in [3.63, 3.8) is 0 Å². The largest absolute Gasteiger partial charge is 0.370 e. The maximum absolute atomic E-state index is 5.72. The van der Waals surface area contributed by atoms with Crippen molar-refractivity contribution in [3.8, 4) is 0 Å². The van der Waals surface area contributed by atoms with Crippen LogP contribution in [0.2, 0.25) is 0 Å². The lowest BCUT2D eigenvalue weighted by atomic mass is 9.88. The number of rotatable bonds is 4. The van der Waals surface area contributed by atoms with Crippen LogP contribution in [0.1, 0.15) is 45.3 Å². The Morgan fingerprint density at radius 1 is 1.53 bits per heavy atom. The average Bonchev–Trinajstić information content (AvgIpc) is 2.60. The monoisotopic (exact) mass is 211 g/mol. The van der Waals surface area contributed by atoms with Gasteiger partial charge in [0.25, 0.3) is 0 Å².